The largest absolute Gasteiger partial charge is 0.377 e. The molecule has 0 radical (unpaired) electrons. The highest BCUT2D eigenvalue weighted by Crippen LogP contribution is 2.37. The van der Waals surface area contributed by atoms with Crippen molar-refractivity contribution >= 4 is 39.2 Å². The molecule has 0 aromatic carbocycles. The van der Waals surface area contributed by atoms with Crippen LogP contribution in [0.3, 0.4) is 0 Å². The number of pyridine rings is 1. The molecule has 3 aromatic rings. The summed E-state index contributed by atoms with van der Waals surface area (Å²) in [6, 6.07) is 2.34. The first-order valence-electron chi connectivity index (χ1n) is 7.73. The average molecular weight is 365 g/mol. The van der Waals surface area contributed by atoms with Crippen LogP contribution in [0.4, 0.5) is 5.82 Å². The molecular formula is C15H17ClN6OS. The van der Waals surface area contributed by atoms with Crippen LogP contribution >= 0.6 is 23.1 Å². The molecular weight excluding hydrogens is 348 g/mol. The molecule has 7 nitrogen and oxygen atoms in total. The molecule has 126 valence electrons. The van der Waals surface area contributed by atoms with Crippen LogP contribution in [-0.2, 0) is 11.8 Å². The molecule has 0 saturated carbocycles. The van der Waals surface area contributed by atoms with Gasteiger partial charge in [-0.25, -0.2) is 9.67 Å². The topological polar surface area (TPSA) is 69.0 Å². The molecule has 4 rings (SSSR count). The van der Waals surface area contributed by atoms with E-state index >= 15 is 0 Å². The minimum Gasteiger partial charge on any atom is -0.377 e. The first-order valence-corrected chi connectivity index (χ1v) is 8.88. The zero-order valence-corrected chi connectivity index (χ0v) is 15.2. The second-order valence-corrected chi connectivity index (χ2v) is 7.07. The van der Waals surface area contributed by atoms with Gasteiger partial charge in [0.1, 0.15) is 11.3 Å². The number of ether oxygens (including phenoxy) is 1. The number of rotatable bonds is 2. The lowest BCUT2D eigenvalue weighted by Crippen LogP contribution is -2.44. The van der Waals surface area contributed by atoms with Gasteiger partial charge >= 0.3 is 0 Å². The Balaban J connectivity index is 1.95. The number of halogens is 1. The number of morpholine rings is 1. The number of aryl methyl sites for hydroxylation is 2. The smallest absolute Gasteiger partial charge is 0.169 e. The standard InChI is InChI=1S/C15H17ClN6OS/c1-8-7-23-5-4-22(8)11-6-10(13-9(2)18-20-21(13)3)14-12(17-11)15(16)19-24-14/h6,8H,4-5,7H2,1-3H3. The second-order valence-electron chi connectivity index (χ2n) is 5.94. The molecule has 0 spiro atoms. The highest BCUT2D eigenvalue weighted by molar-refractivity contribution is 7.14. The van der Waals surface area contributed by atoms with Crippen LogP contribution in [0.25, 0.3) is 21.5 Å². The fraction of sp³-hybridized carbons (Fsp3) is 0.467. The Kier molecular flexibility index (Phi) is 3.90. The molecule has 1 atom stereocenters. The van der Waals surface area contributed by atoms with Gasteiger partial charge in [0.15, 0.2) is 5.15 Å². The lowest BCUT2D eigenvalue weighted by atomic mass is 10.1. The van der Waals surface area contributed by atoms with Crippen molar-refractivity contribution in [2.24, 2.45) is 7.05 Å². The van der Waals surface area contributed by atoms with E-state index in [-0.39, 0.29) is 6.04 Å². The Morgan fingerprint density at radius 1 is 1.42 bits per heavy atom. The summed E-state index contributed by atoms with van der Waals surface area (Å²) in [5.41, 5.74) is 3.58. The summed E-state index contributed by atoms with van der Waals surface area (Å²) in [6.07, 6.45) is 0. The molecule has 0 bridgehead atoms. The van der Waals surface area contributed by atoms with Crippen molar-refractivity contribution < 1.29 is 4.74 Å². The van der Waals surface area contributed by atoms with E-state index in [1.54, 1.807) is 4.68 Å². The minimum atomic E-state index is 0.257. The van der Waals surface area contributed by atoms with Crippen molar-refractivity contribution in [3.8, 4) is 11.3 Å². The third kappa shape index (κ3) is 2.45. The number of hydrogen-bond acceptors (Lipinski definition) is 7. The van der Waals surface area contributed by atoms with Gasteiger partial charge in [0.2, 0.25) is 0 Å². The quantitative estimate of drug-likeness (QED) is 0.696. The molecule has 4 heterocycles. The predicted molar refractivity (Wildman–Crippen MR) is 94.8 cm³/mol. The Morgan fingerprint density at radius 2 is 2.25 bits per heavy atom. The maximum Gasteiger partial charge on any atom is 0.169 e. The van der Waals surface area contributed by atoms with E-state index in [1.165, 1.54) is 11.5 Å². The van der Waals surface area contributed by atoms with Gasteiger partial charge in [-0.05, 0) is 31.4 Å². The van der Waals surface area contributed by atoms with Gasteiger partial charge < -0.3 is 9.64 Å². The fourth-order valence-corrected chi connectivity index (χ4v) is 4.14. The van der Waals surface area contributed by atoms with Crippen molar-refractivity contribution in [3.63, 3.8) is 0 Å². The molecule has 0 N–H and O–H groups in total. The Labute approximate surface area is 148 Å². The average Bonchev–Trinajstić information content (AvgIpc) is 3.10. The molecule has 3 aromatic heterocycles. The molecule has 1 saturated heterocycles. The molecule has 0 amide bonds. The van der Waals surface area contributed by atoms with E-state index in [0.29, 0.717) is 18.4 Å². The van der Waals surface area contributed by atoms with Crippen LogP contribution in [0.1, 0.15) is 12.6 Å². The summed E-state index contributed by atoms with van der Waals surface area (Å²) in [4.78, 5) is 7.02. The molecule has 1 unspecified atom stereocenters. The van der Waals surface area contributed by atoms with Gasteiger partial charge in [0, 0.05) is 19.2 Å². The molecule has 1 aliphatic rings. The number of anilines is 1. The molecule has 24 heavy (non-hydrogen) atoms. The maximum atomic E-state index is 6.29. The highest BCUT2D eigenvalue weighted by Gasteiger charge is 2.24. The molecule has 0 aliphatic carbocycles. The van der Waals surface area contributed by atoms with Crippen molar-refractivity contribution in [1.29, 1.82) is 0 Å². The number of fused-ring (bicyclic) bond motifs is 1. The number of aromatic nitrogens is 5. The fourth-order valence-electron chi connectivity index (χ4n) is 3.10. The van der Waals surface area contributed by atoms with Crippen LogP contribution in [-0.4, -0.2) is 50.2 Å². The van der Waals surface area contributed by atoms with Crippen LogP contribution in [0.15, 0.2) is 6.07 Å². The van der Waals surface area contributed by atoms with Crippen molar-refractivity contribution in [1.82, 2.24) is 24.4 Å². The van der Waals surface area contributed by atoms with Crippen LogP contribution in [0.5, 0.6) is 0 Å². The van der Waals surface area contributed by atoms with Crippen LogP contribution in [0.2, 0.25) is 5.15 Å². The van der Waals surface area contributed by atoms with Crippen LogP contribution < -0.4 is 4.90 Å². The lowest BCUT2D eigenvalue weighted by Gasteiger charge is -2.34. The molecule has 1 aliphatic heterocycles. The number of hydrogen-bond donors (Lipinski definition) is 0. The van der Waals surface area contributed by atoms with Gasteiger partial charge in [0.25, 0.3) is 0 Å². The summed E-state index contributed by atoms with van der Waals surface area (Å²) in [5.74, 6) is 0.885. The normalized spacial score (nSPS) is 18.5. The van der Waals surface area contributed by atoms with E-state index < -0.39 is 0 Å². The van der Waals surface area contributed by atoms with Gasteiger partial charge in [-0.1, -0.05) is 16.8 Å². The van der Waals surface area contributed by atoms with Gasteiger partial charge in [0.05, 0.1) is 35.3 Å². The molecule has 9 heteroatoms. The van der Waals surface area contributed by atoms with Crippen molar-refractivity contribution in [3.05, 3.63) is 16.9 Å². The monoisotopic (exact) mass is 364 g/mol. The summed E-state index contributed by atoms with van der Waals surface area (Å²) < 4.78 is 12.6. The number of nitrogens with zero attached hydrogens (tertiary/aromatic N) is 6. The summed E-state index contributed by atoms with van der Waals surface area (Å²) in [6.45, 7) is 6.28. The van der Waals surface area contributed by atoms with Gasteiger partial charge in [-0.2, -0.15) is 4.37 Å². The summed E-state index contributed by atoms with van der Waals surface area (Å²) in [7, 11) is 1.89. The van der Waals surface area contributed by atoms with Crippen molar-refractivity contribution in [2.75, 3.05) is 24.7 Å². The Morgan fingerprint density at radius 3 is 2.96 bits per heavy atom. The Bertz CT molecular complexity index is 887. The SMILES string of the molecule is Cc1nnn(C)c1-c1cc(N2CCOCC2C)nc2c(Cl)nsc12. The van der Waals surface area contributed by atoms with E-state index in [9.17, 15) is 0 Å². The zero-order valence-electron chi connectivity index (χ0n) is 13.7. The second kappa shape index (κ2) is 5.94. The zero-order chi connectivity index (χ0) is 16.8. The van der Waals surface area contributed by atoms with E-state index in [2.05, 4.69) is 32.6 Å². The summed E-state index contributed by atoms with van der Waals surface area (Å²) in [5, 5.41) is 8.74. The van der Waals surface area contributed by atoms with E-state index in [1.807, 2.05) is 14.0 Å². The van der Waals surface area contributed by atoms with Gasteiger partial charge in [-0.15, -0.1) is 5.10 Å². The predicted octanol–water partition coefficient (Wildman–Crippen LogP) is 2.67. The first kappa shape index (κ1) is 15.7. The van der Waals surface area contributed by atoms with E-state index in [0.717, 1.165) is 39.5 Å². The first-order chi connectivity index (χ1) is 11.6. The summed E-state index contributed by atoms with van der Waals surface area (Å²) >= 11 is 7.64. The Hall–Kier alpha value is -1.77. The highest BCUT2D eigenvalue weighted by atomic mass is 35.5. The molecule has 1 fully saturated rings. The van der Waals surface area contributed by atoms with Crippen LogP contribution in [0, 0.1) is 6.92 Å². The van der Waals surface area contributed by atoms with Gasteiger partial charge in [-0.3, -0.25) is 0 Å². The third-order valence-electron chi connectivity index (χ3n) is 4.28. The minimum absolute atomic E-state index is 0.257. The third-order valence-corrected chi connectivity index (χ3v) is 5.52. The van der Waals surface area contributed by atoms with Crippen molar-refractivity contribution in [2.45, 2.75) is 19.9 Å². The van der Waals surface area contributed by atoms with E-state index in [4.69, 9.17) is 21.3 Å². The maximum absolute atomic E-state index is 6.29. The lowest BCUT2D eigenvalue weighted by molar-refractivity contribution is 0.0986.